The van der Waals surface area contributed by atoms with Crippen molar-refractivity contribution in [2.24, 2.45) is 0 Å². The Balaban J connectivity index is 2.18. The van der Waals surface area contributed by atoms with Gasteiger partial charge in [0.2, 0.25) is 5.22 Å². The van der Waals surface area contributed by atoms with Crippen molar-refractivity contribution in [3.63, 3.8) is 0 Å². The molecule has 1 N–H and O–H groups in total. The summed E-state index contributed by atoms with van der Waals surface area (Å²) >= 11 is 11.6. The Morgan fingerprint density at radius 1 is 1.40 bits per heavy atom. The fourth-order valence-electron chi connectivity index (χ4n) is 1.71. The molecule has 0 aliphatic rings. The average Bonchev–Trinajstić information content (AvgIpc) is 2.87. The van der Waals surface area contributed by atoms with Gasteiger partial charge in [-0.1, -0.05) is 0 Å². The van der Waals surface area contributed by atoms with Gasteiger partial charge in [-0.15, -0.1) is 11.6 Å². The molecule has 0 saturated heterocycles. The van der Waals surface area contributed by atoms with Crippen molar-refractivity contribution in [2.75, 3.05) is 11.9 Å². The molecule has 0 unspecified atom stereocenters. The number of alkyl halides is 1. The van der Waals surface area contributed by atoms with Crippen molar-refractivity contribution >= 4 is 34.8 Å². The molecule has 2 rings (SSSR count). The van der Waals surface area contributed by atoms with Crippen LogP contribution in [0, 0.1) is 0 Å². The van der Waals surface area contributed by atoms with Gasteiger partial charge in [-0.25, -0.2) is 0 Å². The molecule has 1 aromatic carbocycles. The smallest absolute Gasteiger partial charge is 0.260 e. The van der Waals surface area contributed by atoms with Gasteiger partial charge in [0.15, 0.2) is 0 Å². The first kappa shape index (κ1) is 14.8. The molecule has 2 aromatic rings. The Kier molecular flexibility index (Phi) is 4.93. The third kappa shape index (κ3) is 3.26. The number of rotatable bonds is 5. The zero-order valence-corrected chi connectivity index (χ0v) is 12.3. The molecule has 106 valence electrons. The lowest BCUT2D eigenvalue weighted by molar-refractivity contribution is 0.102. The van der Waals surface area contributed by atoms with Gasteiger partial charge >= 0.3 is 0 Å². The number of anilines is 1. The minimum Gasteiger partial charge on any atom is -0.494 e. The van der Waals surface area contributed by atoms with Crippen LogP contribution in [-0.4, -0.2) is 12.5 Å². The maximum absolute atomic E-state index is 12.0. The minimum absolute atomic E-state index is 0.0611. The summed E-state index contributed by atoms with van der Waals surface area (Å²) in [5.41, 5.74) is 1.71. The third-order valence-electron chi connectivity index (χ3n) is 2.62. The van der Waals surface area contributed by atoms with E-state index in [2.05, 4.69) is 5.32 Å². The lowest BCUT2D eigenvalue weighted by Gasteiger charge is -2.11. The van der Waals surface area contributed by atoms with Crippen molar-refractivity contribution in [3.8, 4) is 5.75 Å². The zero-order chi connectivity index (χ0) is 14.5. The van der Waals surface area contributed by atoms with E-state index >= 15 is 0 Å². The monoisotopic (exact) mass is 313 g/mol. The first-order chi connectivity index (χ1) is 9.65. The van der Waals surface area contributed by atoms with Crippen LogP contribution in [0.5, 0.6) is 5.75 Å². The molecule has 0 aliphatic heterocycles. The van der Waals surface area contributed by atoms with Crippen molar-refractivity contribution in [1.29, 1.82) is 0 Å². The summed E-state index contributed by atoms with van der Waals surface area (Å²) < 4.78 is 10.3. The summed E-state index contributed by atoms with van der Waals surface area (Å²) in [6.07, 6.45) is 1.36. The molecule has 1 heterocycles. The first-order valence-electron chi connectivity index (χ1n) is 6.01. The number of amides is 1. The van der Waals surface area contributed by atoms with E-state index in [-0.39, 0.29) is 16.7 Å². The molecule has 0 bridgehead atoms. The van der Waals surface area contributed by atoms with Gasteiger partial charge < -0.3 is 14.5 Å². The van der Waals surface area contributed by atoms with Gasteiger partial charge in [-0.2, -0.15) is 0 Å². The van der Waals surface area contributed by atoms with E-state index in [0.717, 1.165) is 5.56 Å². The third-order valence-corrected chi connectivity index (χ3v) is 3.21. The van der Waals surface area contributed by atoms with Crippen LogP contribution in [0.3, 0.4) is 0 Å². The van der Waals surface area contributed by atoms with Crippen LogP contribution in [-0.2, 0) is 5.88 Å². The molecule has 0 saturated carbocycles. The van der Waals surface area contributed by atoms with E-state index in [0.29, 0.717) is 23.9 Å². The molecule has 1 amide bonds. The van der Waals surface area contributed by atoms with Crippen LogP contribution in [0.25, 0.3) is 0 Å². The summed E-state index contributed by atoms with van der Waals surface area (Å²) in [5, 5.41) is 2.79. The molecular weight excluding hydrogens is 301 g/mol. The summed E-state index contributed by atoms with van der Waals surface area (Å²) in [5.74, 6) is 0.668. The van der Waals surface area contributed by atoms with Crippen molar-refractivity contribution in [1.82, 2.24) is 0 Å². The minimum atomic E-state index is -0.339. The Morgan fingerprint density at radius 3 is 2.80 bits per heavy atom. The molecule has 0 spiro atoms. The SMILES string of the molecule is CCOc1ccc(NC(=O)c2ccoc2Cl)cc1CCl. The fourth-order valence-corrected chi connectivity index (χ4v) is 2.12. The second-order valence-corrected chi connectivity index (χ2v) is 4.56. The van der Waals surface area contributed by atoms with E-state index in [9.17, 15) is 4.79 Å². The molecular formula is C14H13Cl2NO3. The zero-order valence-electron chi connectivity index (χ0n) is 10.8. The highest BCUT2D eigenvalue weighted by Gasteiger charge is 2.14. The van der Waals surface area contributed by atoms with Gasteiger partial charge in [-0.3, -0.25) is 4.79 Å². The maximum Gasteiger partial charge on any atom is 0.260 e. The molecule has 0 fully saturated rings. The van der Waals surface area contributed by atoms with Gasteiger partial charge in [0.05, 0.1) is 24.3 Å². The topological polar surface area (TPSA) is 51.5 Å². The maximum atomic E-state index is 12.0. The number of nitrogens with one attached hydrogen (secondary N) is 1. The van der Waals surface area contributed by atoms with Crippen LogP contribution in [0.2, 0.25) is 5.22 Å². The van der Waals surface area contributed by atoms with Crippen LogP contribution < -0.4 is 10.1 Å². The summed E-state index contributed by atoms with van der Waals surface area (Å²) in [6, 6.07) is 6.79. The Bertz CT molecular complexity index is 610. The van der Waals surface area contributed by atoms with Gasteiger partial charge in [0, 0.05) is 11.3 Å². The number of ether oxygens (including phenoxy) is 1. The first-order valence-corrected chi connectivity index (χ1v) is 6.93. The summed E-state index contributed by atoms with van der Waals surface area (Å²) in [6.45, 7) is 2.45. The van der Waals surface area contributed by atoms with Crippen LogP contribution in [0.1, 0.15) is 22.8 Å². The Hall–Kier alpha value is -1.65. The fraction of sp³-hybridized carbons (Fsp3) is 0.214. The molecule has 0 atom stereocenters. The number of hydrogen-bond donors (Lipinski definition) is 1. The highest BCUT2D eigenvalue weighted by molar-refractivity contribution is 6.32. The average molecular weight is 314 g/mol. The summed E-state index contributed by atoms with van der Waals surface area (Å²) in [4.78, 5) is 12.0. The predicted octanol–water partition coefficient (Wildman–Crippen LogP) is 4.32. The Labute approximate surface area is 126 Å². The van der Waals surface area contributed by atoms with Crippen molar-refractivity contribution in [3.05, 3.63) is 46.9 Å². The number of carbonyl (C=O) groups excluding carboxylic acids is 1. The van der Waals surface area contributed by atoms with E-state index in [4.69, 9.17) is 32.4 Å². The molecule has 6 heteroatoms. The second kappa shape index (κ2) is 6.68. The molecule has 4 nitrogen and oxygen atoms in total. The van der Waals surface area contributed by atoms with Crippen molar-refractivity contribution < 1.29 is 13.9 Å². The van der Waals surface area contributed by atoms with Crippen LogP contribution in [0.15, 0.2) is 34.9 Å². The van der Waals surface area contributed by atoms with Gasteiger partial charge in [-0.05, 0) is 42.8 Å². The van der Waals surface area contributed by atoms with E-state index in [1.807, 2.05) is 6.92 Å². The number of carbonyl (C=O) groups is 1. The number of halogens is 2. The normalized spacial score (nSPS) is 10.3. The van der Waals surface area contributed by atoms with Gasteiger partial charge in [0.25, 0.3) is 5.91 Å². The van der Waals surface area contributed by atoms with Crippen molar-refractivity contribution in [2.45, 2.75) is 12.8 Å². The van der Waals surface area contributed by atoms with E-state index in [1.165, 1.54) is 12.3 Å². The van der Waals surface area contributed by atoms with Gasteiger partial charge in [0.1, 0.15) is 5.75 Å². The molecule has 20 heavy (non-hydrogen) atoms. The van der Waals surface area contributed by atoms with E-state index < -0.39 is 0 Å². The lowest BCUT2D eigenvalue weighted by atomic mass is 10.2. The number of furan rings is 1. The molecule has 1 aromatic heterocycles. The van der Waals surface area contributed by atoms with Crippen LogP contribution >= 0.6 is 23.2 Å². The standard InChI is InChI=1S/C14H13Cl2NO3/c1-2-19-12-4-3-10(7-9(12)8-15)17-14(18)11-5-6-20-13(11)16/h3-7H,2,8H2,1H3,(H,17,18). The lowest BCUT2D eigenvalue weighted by Crippen LogP contribution is -2.11. The number of benzene rings is 1. The van der Waals surface area contributed by atoms with Crippen LogP contribution in [0.4, 0.5) is 5.69 Å². The largest absolute Gasteiger partial charge is 0.494 e. The Morgan fingerprint density at radius 2 is 2.20 bits per heavy atom. The second-order valence-electron chi connectivity index (χ2n) is 3.95. The number of hydrogen-bond acceptors (Lipinski definition) is 3. The highest BCUT2D eigenvalue weighted by atomic mass is 35.5. The molecule has 0 radical (unpaired) electrons. The molecule has 0 aliphatic carbocycles. The quantitative estimate of drug-likeness (QED) is 0.836. The predicted molar refractivity (Wildman–Crippen MR) is 78.8 cm³/mol. The highest BCUT2D eigenvalue weighted by Crippen LogP contribution is 2.25. The summed E-state index contributed by atoms with van der Waals surface area (Å²) in [7, 11) is 0. The van der Waals surface area contributed by atoms with E-state index in [1.54, 1.807) is 18.2 Å².